The predicted octanol–water partition coefficient (Wildman–Crippen LogP) is 1.43. The lowest BCUT2D eigenvalue weighted by atomic mass is 10.1. The highest BCUT2D eigenvalue weighted by Gasteiger charge is 2.19. The quantitative estimate of drug-likeness (QED) is 0.886. The van der Waals surface area contributed by atoms with Crippen LogP contribution in [-0.2, 0) is 0 Å². The van der Waals surface area contributed by atoms with Crippen molar-refractivity contribution < 1.29 is 0 Å². The van der Waals surface area contributed by atoms with Crippen molar-refractivity contribution in [3.63, 3.8) is 0 Å². The van der Waals surface area contributed by atoms with Gasteiger partial charge in [0.15, 0.2) is 0 Å². The molecule has 1 aromatic heterocycles. The first-order valence-corrected chi connectivity index (χ1v) is 6.72. The molecule has 1 atom stereocenters. The molecular weight excluding hydrogens is 284 g/mol. The van der Waals surface area contributed by atoms with E-state index in [1.807, 2.05) is 0 Å². The van der Waals surface area contributed by atoms with Gasteiger partial charge in [-0.1, -0.05) is 6.92 Å². The lowest BCUT2D eigenvalue weighted by Crippen LogP contribution is -2.42. The molecule has 1 unspecified atom stereocenters. The van der Waals surface area contributed by atoms with E-state index < -0.39 is 0 Å². The van der Waals surface area contributed by atoms with Crippen molar-refractivity contribution in [3.05, 3.63) is 21.0 Å². The lowest BCUT2D eigenvalue weighted by Gasteiger charge is -2.32. The van der Waals surface area contributed by atoms with E-state index in [0.717, 1.165) is 25.2 Å². The number of nitrogens with one attached hydrogen (secondary N) is 2. The zero-order valence-electron chi connectivity index (χ0n) is 9.87. The van der Waals surface area contributed by atoms with Gasteiger partial charge in [0.2, 0.25) is 0 Å². The van der Waals surface area contributed by atoms with Gasteiger partial charge >= 0.3 is 0 Å². The van der Waals surface area contributed by atoms with Crippen LogP contribution < -0.4 is 10.9 Å². The molecule has 0 saturated carbocycles. The van der Waals surface area contributed by atoms with Crippen molar-refractivity contribution in [1.82, 2.24) is 15.1 Å². The minimum Gasteiger partial charge on any atom is -0.379 e. The van der Waals surface area contributed by atoms with Crippen LogP contribution >= 0.6 is 15.9 Å². The van der Waals surface area contributed by atoms with E-state index in [0.29, 0.717) is 10.5 Å². The molecule has 1 aliphatic heterocycles. The van der Waals surface area contributed by atoms with Crippen molar-refractivity contribution in [2.24, 2.45) is 0 Å². The first-order chi connectivity index (χ1) is 8.20. The van der Waals surface area contributed by atoms with E-state index in [2.05, 4.69) is 43.3 Å². The SMILES string of the molecule is CCN1CCCC(Nc2cn[nH]c(=O)c2Br)C1. The van der Waals surface area contributed by atoms with Gasteiger partial charge in [0.25, 0.3) is 5.56 Å². The third kappa shape index (κ3) is 3.07. The zero-order valence-corrected chi connectivity index (χ0v) is 11.5. The van der Waals surface area contributed by atoms with Crippen molar-refractivity contribution in [2.45, 2.75) is 25.8 Å². The molecule has 94 valence electrons. The molecule has 2 rings (SSSR count). The number of likely N-dealkylation sites (tertiary alicyclic amines) is 1. The fraction of sp³-hybridized carbons (Fsp3) is 0.636. The first kappa shape index (κ1) is 12.6. The highest BCUT2D eigenvalue weighted by Crippen LogP contribution is 2.20. The Kier molecular flexibility index (Phi) is 4.17. The van der Waals surface area contributed by atoms with Crippen LogP contribution in [0, 0.1) is 0 Å². The molecule has 0 bridgehead atoms. The van der Waals surface area contributed by atoms with Crippen LogP contribution in [0.1, 0.15) is 19.8 Å². The molecule has 0 aliphatic carbocycles. The summed E-state index contributed by atoms with van der Waals surface area (Å²) in [7, 11) is 0. The van der Waals surface area contributed by atoms with Crippen LogP contribution in [0.15, 0.2) is 15.5 Å². The number of hydrogen-bond acceptors (Lipinski definition) is 4. The predicted molar refractivity (Wildman–Crippen MR) is 71.3 cm³/mol. The van der Waals surface area contributed by atoms with Crippen molar-refractivity contribution in [1.29, 1.82) is 0 Å². The Bertz CT molecular complexity index is 434. The molecule has 2 N–H and O–H groups in total. The molecule has 1 aromatic rings. The van der Waals surface area contributed by atoms with Crippen LogP contribution in [-0.4, -0.2) is 40.8 Å². The molecule has 0 aromatic carbocycles. The highest BCUT2D eigenvalue weighted by atomic mass is 79.9. The van der Waals surface area contributed by atoms with E-state index in [-0.39, 0.29) is 5.56 Å². The Balaban J connectivity index is 2.05. The third-order valence-electron chi connectivity index (χ3n) is 3.11. The maximum absolute atomic E-state index is 11.4. The Morgan fingerprint density at radius 1 is 1.71 bits per heavy atom. The number of rotatable bonds is 3. The summed E-state index contributed by atoms with van der Waals surface area (Å²) < 4.78 is 0.529. The fourth-order valence-corrected chi connectivity index (χ4v) is 2.47. The molecule has 0 spiro atoms. The third-order valence-corrected chi connectivity index (χ3v) is 3.90. The second kappa shape index (κ2) is 5.64. The topological polar surface area (TPSA) is 61.0 Å². The van der Waals surface area contributed by atoms with Crippen molar-refractivity contribution in [3.8, 4) is 0 Å². The van der Waals surface area contributed by atoms with Crippen LogP contribution in [0.5, 0.6) is 0 Å². The summed E-state index contributed by atoms with van der Waals surface area (Å²) in [6.07, 6.45) is 3.98. The highest BCUT2D eigenvalue weighted by molar-refractivity contribution is 9.10. The summed E-state index contributed by atoms with van der Waals surface area (Å²) in [5.41, 5.74) is 0.579. The molecule has 1 saturated heterocycles. The average molecular weight is 301 g/mol. The molecule has 2 heterocycles. The summed E-state index contributed by atoms with van der Waals surface area (Å²) in [4.78, 5) is 13.8. The lowest BCUT2D eigenvalue weighted by molar-refractivity contribution is 0.227. The molecule has 1 aliphatic rings. The molecule has 0 amide bonds. The van der Waals surface area contributed by atoms with Crippen molar-refractivity contribution in [2.75, 3.05) is 25.0 Å². The van der Waals surface area contributed by atoms with E-state index >= 15 is 0 Å². The van der Waals surface area contributed by atoms with E-state index in [1.54, 1.807) is 6.20 Å². The first-order valence-electron chi connectivity index (χ1n) is 5.92. The van der Waals surface area contributed by atoms with Gasteiger partial charge in [0, 0.05) is 12.6 Å². The number of anilines is 1. The number of H-pyrrole nitrogens is 1. The maximum atomic E-state index is 11.4. The number of aromatic amines is 1. The summed E-state index contributed by atoms with van der Waals surface area (Å²) in [6.45, 7) is 5.44. The van der Waals surface area contributed by atoms with Gasteiger partial charge in [-0.05, 0) is 41.9 Å². The Morgan fingerprint density at radius 2 is 2.53 bits per heavy atom. The summed E-state index contributed by atoms with van der Waals surface area (Å²) in [5.74, 6) is 0. The number of piperidine rings is 1. The largest absolute Gasteiger partial charge is 0.379 e. The number of halogens is 1. The van der Waals surface area contributed by atoms with Gasteiger partial charge in [0.05, 0.1) is 11.9 Å². The standard InChI is InChI=1S/C11H17BrN4O/c1-2-16-5-3-4-8(7-16)14-9-6-13-15-11(17)10(9)12/h6,8H,2-5,7H2,1H3,(H2,14,15,17). The van der Waals surface area contributed by atoms with Gasteiger partial charge in [-0.25, -0.2) is 5.10 Å². The van der Waals surface area contributed by atoms with E-state index in [4.69, 9.17) is 0 Å². The van der Waals surface area contributed by atoms with Gasteiger partial charge in [-0.2, -0.15) is 5.10 Å². The van der Waals surface area contributed by atoms with Crippen LogP contribution in [0.2, 0.25) is 0 Å². The summed E-state index contributed by atoms with van der Waals surface area (Å²) in [6, 6.07) is 0.392. The van der Waals surface area contributed by atoms with Crippen molar-refractivity contribution >= 4 is 21.6 Å². The summed E-state index contributed by atoms with van der Waals surface area (Å²) >= 11 is 3.28. The van der Waals surface area contributed by atoms with Crippen LogP contribution in [0.25, 0.3) is 0 Å². The van der Waals surface area contributed by atoms with Gasteiger partial charge < -0.3 is 10.2 Å². The minimum absolute atomic E-state index is 0.196. The zero-order chi connectivity index (χ0) is 12.3. The monoisotopic (exact) mass is 300 g/mol. The molecular formula is C11H17BrN4O. The fourth-order valence-electron chi connectivity index (χ4n) is 2.16. The summed E-state index contributed by atoms with van der Waals surface area (Å²) in [5, 5.41) is 9.58. The Hall–Kier alpha value is -0.880. The number of likely N-dealkylation sites (N-methyl/N-ethyl adjacent to an activating group) is 1. The molecule has 0 radical (unpaired) electrons. The Morgan fingerprint density at radius 3 is 3.29 bits per heavy atom. The maximum Gasteiger partial charge on any atom is 0.280 e. The second-order valence-electron chi connectivity index (χ2n) is 4.30. The van der Waals surface area contributed by atoms with Crippen LogP contribution in [0.4, 0.5) is 5.69 Å². The van der Waals surface area contributed by atoms with Gasteiger partial charge in [0.1, 0.15) is 4.47 Å². The number of hydrogen-bond donors (Lipinski definition) is 2. The van der Waals surface area contributed by atoms with Gasteiger partial charge in [-0.15, -0.1) is 0 Å². The normalized spacial score (nSPS) is 21.4. The average Bonchev–Trinajstić information content (AvgIpc) is 2.35. The van der Waals surface area contributed by atoms with Crippen LogP contribution in [0.3, 0.4) is 0 Å². The van der Waals surface area contributed by atoms with E-state index in [1.165, 1.54) is 13.0 Å². The molecule has 5 nitrogen and oxygen atoms in total. The molecule has 1 fully saturated rings. The van der Waals surface area contributed by atoms with Gasteiger partial charge in [-0.3, -0.25) is 4.79 Å². The second-order valence-corrected chi connectivity index (χ2v) is 5.10. The Labute approximate surface area is 109 Å². The smallest absolute Gasteiger partial charge is 0.280 e. The van der Waals surface area contributed by atoms with E-state index in [9.17, 15) is 4.79 Å². The molecule has 6 heteroatoms. The number of aromatic nitrogens is 2. The minimum atomic E-state index is -0.196. The molecule has 17 heavy (non-hydrogen) atoms. The number of nitrogens with zero attached hydrogens (tertiary/aromatic N) is 2.